The molecule has 0 spiro atoms. The number of carbonyl (C=O) groups is 1. The van der Waals surface area contributed by atoms with Crippen LogP contribution in [-0.2, 0) is 11.2 Å². The summed E-state index contributed by atoms with van der Waals surface area (Å²) in [7, 11) is 0. The van der Waals surface area contributed by atoms with Gasteiger partial charge in [-0.3, -0.25) is 4.79 Å². The Morgan fingerprint density at radius 1 is 0.818 bits per heavy atom. The summed E-state index contributed by atoms with van der Waals surface area (Å²) in [6, 6.07) is 9.87. The maximum absolute atomic E-state index is 12.8. The van der Waals surface area contributed by atoms with Crippen LogP contribution < -0.4 is 16.6 Å². The zero-order chi connectivity index (χ0) is 23.4. The molecule has 0 unspecified atom stereocenters. The molecule has 0 bridgehead atoms. The fourth-order valence-electron chi connectivity index (χ4n) is 4.21. The van der Waals surface area contributed by atoms with Crippen molar-refractivity contribution in [1.82, 2.24) is 0 Å². The monoisotopic (exact) mass is 443 g/mol. The van der Waals surface area contributed by atoms with Gasteiger partial charge in [0.1, 0.15) is 22.5 Å². The van der Waals surface area contributed by atoms with Gasteiger partial charge in [0.2, 0.25) is 5.91 Å². The first kappa shape index (κ1) is 20.8. The molecule has 7 heteroatoms. The molecule has 0 aliphatic rings. The van der Waals surface area contributed by atoms with Crippen LogP contribution in [0.4, 0.5) is 5.69 Å². The third-order valence-electron chi connectivity index (χ3n) is 6.18. The number of fused-ring (bicyclic) bond motifs is 3. The molecule has 7 nitrogen and oxygen atoms in total. The standard InChI is InChI=1S/C26H21NO6/c1-12-15(4)31-24-14(3)25-19(10-18(12)24)13(2)20(26(30)33-25)11-22(28)27-17-6-7-21-16(9-17)5-8-23(29)32-21/h5-10H,11H2,1-4H3,(H,27,28). The molecule has 5 aromatic rings. The van der Waals surface area contributed by atoms with E-state index in [0.717, 1.165) is 27.7 Å². The van der Waals surface area contributed by atoms with Gasteiger partial charge < -0.3 is 18.6 Å². The van der Waals surface area contributed by atoms with E-state index in [1.807, 2.05) is 33.8 Å². The molecule has 0 fully saturated rings. The highest BCUT2D eigenvalue weighted by molar-refractivity contribution is 6.01. The number of aryl methyl sites for hydroxylation is 4. The van der Waals surface area contributed by atoms with E-state index < -0.39 is 11.3 Å². The summed E-state index contributed by atoms with van der Waals surface area (Å²) in [6.45, 7) is 7.58. The molecule has 5 rings (SSSR count). The van der Waals surface area contributed by atoms with Crippen molar-refractivity contribution >= 4 is 44.5 Å². The molecule has 2 aromatic carbocycles. The molecule has 0 radical (unpaired) electrons. The number of rotatable bonds is 3. The Morgan fingerprint density at radius 3 is 2.33 bits per heavy atom. The molecule has 1 amide bonds. The lowest BCUT2D eigenvalue weighted by atomic mass is 9.98. The number of anilines is 1. The van der Waals surface area contributed by atoms with Crippen molar-refractivity contribution in [3.63, 3.8) is 0 Å². The minimum atomic E-state index is -0.544. The van der Waals surface area contributed by atoms with E-state index in [9.17, 15) is 14.4 Å². The van der Waals surface area contributed by atoms with Crippen LogP contribution in [0.1, 0.15) is 28.0 Å². The predicted molar refractivity (Wildman–Crippen MR) is 126 cm³/mol. The number of benzene rings is 2. The molecule has 0 saturated heterocycles. The average molecular weight is 443 g/mol. The Kier molecular flexibility index (Phi) is 4.70. The largest absolute Gasteiger partial charge is 0.461 e. The zero-order valence-electron chi connectivity index (χ0n) is 18.6. The van der Waals surface area contributed by atoms with Crippen molar-refractivity contribution < 1.29 is 18.0 Å². The normalized spacial score (nSPS) is 11.5. The third-order valence-corrected chi connectivity index (χ3v) is 6.18. The van der Waals surface area contributed by atoms with E-state index in [2.05, 4.69) is 5.32 Å². The fraction of sp³-hybridized carbons (Fsp3) is 0.192. The Hall–Kier alpha value is -4.13. The molecule has 3 aromatic heterocycles. The summed E-state index contributed by atoms with van der Waals surface area (Å²) in [6.07, 6.45) is -0.132. The molecule has 33 heavy (non-hydrogen) atoms. The number of amides is 1. The number of furan rings is 1. The molecule has 166 valence electrons. The van der Waals surface area contributed by atoms with E-state index >= 15 is 0 Å². The van der Waals surface area contributed by atoms with Crippen molar-refractivity contribution in [3.05, 3.63) is 85.3 Å². The Bertz CT molecular complexity index is 1720. The summed E-state index contributed by atoms with van der Waals surface area (Å²) >= 11 is 0. The molecular formula is C26H21NO6. The maximum atomic E-state index is 12.8. The second kappa shape index (κ2) is 7.48. The van der Waals surface area contributed by atoms with Gasteiger partial charge in [0, 0.05) is 33.5 Å². The van der Waals surface area contributed by atoms with Gasteiger partial charge in [-0.1, -0.05) is 0 Å². The SMILES string of the molecule is Cc1oc2c(C)c3oc(=O)c(CC(=O)Nc4ccc5oc(=O)ccc5c4)c(C)c3cc2c1C. The van der Waals surface area contributed by atoms with E-state index in [-0.39, 0.29) is 12.3 Å². The summed E-state index contributed by atoms with van der Waals surface area (Å²) in [5.74, 6) is 0.465. The lowest BCUT2D eigenvalue weighted by Gasteiger charge is -2.11. The Morgan fingerprint density at radius 2 is 1.55 bits per heavy atom. The van der Waals surface area contributed by atoms with E-state index in [0.29, 0.717) is 38.9 Å². The highest BCUT2D eigenvalue weighted by Crippen LogP contribution is 2.34. The van der Waals surface area contributed by atoms with Gasteiger partial charge in [-0.25, -0.2) is 9.59 Å². The van der Waals surface area contributed by atoms with Crippen molar-refractivity contribution in [2.45, 2.75) is 34.1 Å². The van der Waals surface area contributed by atoms with Crippen molar-refractivity contribution in [2.75, 3.05) is 5.32 Å². The first-order valence-corrected chi connectivity index (χ1v) is 10.5. The zero-order valence-corrected chi connectivity index (χ0v) is 18.6. The highest BCUT2D eigenvalue weighted by Gasteiger charge is 2.20. The van der Waals surface area contributed by atoms with Crippen LogP contribution in [0.2, 0.25) is 0 Å². The molecule has 1 N–H and O–H groups in total. The van der Waals surface area contributed by atoms with Crippen LogP contribution >= 0.6 is 0 Å². The molecule has 0 saturated carbocycles. The molecule has 0 aliphatic carbocycles. The van der Waals surface area contributed by atoms with E-state index in [4.69, 9.17) is 13.3 Å². The molecule has 0 atom stereocenters. The van der Waals surface area contributed by atoms with Gasteiger partial charge in [0.05, 0.1) is 12.0 Å². The maximum Gasteiger partial charge on any atom is 0.340 e. The van der Waals surface area contributed by atoms with Crippen LogP contribution in [0.3, 0.4) is 0 Å². The fourth-order valence-corrected chi connectivity index (χ4v) is 4.21. The topological polar surface area (TPSA) is 103 Å². The Balaban J connectivity index is 1.51. The lowest BCUT2D eigenvalue weighted by Crippen LogP contribution is -2.20. The molecule has 3 heterocycles. The van der Waals surface area contributed by atoms with Crippen molar-refractivity contribution in [1.29, 1.82) is 0 Å². The first-order chi connectivity index (χ1) is 15.7. The summed E-state index contributed by atoms with van der Waals surface area (Å²) in [5.41, 5.74) is 3.97. The van der Waals surface area contributed by atoms with Crippen LogP contribution in [0.15, 0.2) is 59.2 Å². The van der Waals surface area contributed by atoms with Crippen LogP contribution in [0.25, 0.3) is 32.9 Å². The minimum Gasteiger partial charge on any atom is -0.461 e. The predicted octanol–water partition coefficient (Wildman–Crippen LogP) is 5.06. The van der Waals surface area contributed by atoms with E-state index in [1.165, 1.54) is 6.07 Å². The Labute approximate surface area is 187 Å². The second-order valence-electron chi connectivity index (χ2n) is 8.26. The summed E-state index contributed by atoms with van der Waals surface area (Å²) in [5, 5.41) is 5.23. The minimum absolute atomic E-state index is 0.132. The molecule has 0 aliphatic heterocycles. The number of carbonyl (C=O) groups excluding carboxylic acids is 1. The van der Waals surface area contributed by atoms with Crippen LogP contribution in [-0.4, -0.2) is 5.91 Å². The number of nitrogens with one attached hydrogen (secondary N) is 1. The van der Waals surface area contributed by atoms with Crippen molar-refractivity contribution in [3.8, 4) is 0 Å². The van der Waals surface area contributed by atoms with Crippen molar-refractivity contribution in [2.24, 2.45) is 0 Å². The summed E-state index contributed by atoms with van der Waals surface area (Å²) < 4.78 is 16.6. The van der Waals surface area contributed by atoms with Gasteiger partial charge in [0.25, 0.3) is 0 Å². The molecular weight excluding hydrogens is 422 g/mol. The highest BCUT2D eigenvalue weighted by atomic mass is 16.4. The quantitative estimate of drug-likeness (QED) is 0.391. The summed E-state index contributed by atoms with van der Waals surface area (Å²) in [4.78, 5) is 36.9. The number of hydrogen-bond donors (Lipinski definition) is 1. The van der Waals surface area contributed by atoms with Crippen LogP contribution in [0.5, 0.6) is 0 Å². The second-order valence-corrected chi connectivity index (χ2v) is 8.26. The third kappa shape index (κ3) is 3.42. The average Bonchev–Trinajstić information content (AvgIpc) is 3.06. The smallest absolute Gasteiger partial charge is 0.340 e. The van der Waals surface area contributed by atoms with Gasteiger partial charge in [-0.15, -0.1) is 0 Å². The van der Waals surface area contributed by atoms with Crippen LogP contribution in [0, 0.1) is 27.7 Å². The van der Waals surface area contributed by atoms with Gasteiger partial charge >= 0.3 is 11.3 Å². The van der Waals surface area contributed by atoms with Gasteiger partial charge in [-0.05, 0) is 69.2 Å². The lowest BCUT2D eigenvalue weighted by molar-refractivity contribution is -0.115. The first-order valence-electron chi connectivity index (χ1n) is 10.5. The van der Waals surface area contributed by atoms with E-state index in [1.54, 1.807) is 24.3 Å². The van der Waals surface area contributed by atoms with Gasteiger partial charge in [0.15, 0.2) is 0 Å². The number of hydrogen-bond acceptors (Lipinski definition) is 6. The van der Waals surface area contributed by atoms with Gasteiger partial charge in [-0.2, -0.15) is 0 Å².